The van der Waals surface area contributed by atoms with Crippen molar-refractivity contribution in [1.82, 2.24) is 5.43 Å². The monoisotopic (exact) mass is 639 g/mol. The van der Waals surface area contributed by atoms with Crippen LogP contribution in [0.5, 0.6) is 11.5 Å². The first-order chi connectivity index (χ1) is 22.3. The van der Waals surface area contributed by atoms with E-state index in [1.807, 2.05) is 0 Å². The second-order valence-corrected chi connectivity index (χ2v) is 11.1. The molecule has 0 fully saturated rings. The number of hydrogen-bond donors (Lipinski definition) is 2. The minimum Gasteiger partial charge on any atom is -0.462 e. The van der Waals surface area contributed by atoms with Crippen LogP contribution in [0.3, 0.4) is 0 Å². The first-order valence-electron chi connectivity index (χ1n) is 14.5. The molecule has 2 amide bonds. The maximum absolute atomic E-state index is 12.8. The Balaban J connectivity index is 1.31. The number of ether oxygens (including phenoxy) is 3. The number of anilines is 1. The predicted molar refractivity (Wildman–Crippen MR) is 171 cm³/mol. The summed E-state index contributed by atoms with van der Waals surface area (Å²) in [6.45, 7) is 1.87. The molecule has 0 spiro atoms. The Morgan fingerprint density at radius 1 is 0.804 bits per heavy atom. The molecule has 46 heavy (non-hydrogen) atoms. The van der Waals surface area contributed by atoms with E-state index in [0.717, 1.165) is 29.7 Å². The van der Waals surface area contributed by atoms with E-state index < -0.39 is 29.7 Å². The fourth-order valence-electron chi connectivity index (χ4n) is 4.69. The number of aryl methyl sites for hydroxylation is 1. The van der Waals surface area contributed by atoms with Gasteiger partial charge in [0.25, 0.3) is 0 Å². The highest BCUT2D eigenvalue weighted by Crippen LogP contribution is 2.38. The molecule has 11 nitrogen and oxygen atoms in total. The van der Waals surface area contributed by atoms with Crippen molar-refractivity contribution in [1.29, 1.82) is 0 Å². The van der Waals surface area contributed by atoms with E-state index in [4.69, 9.17) is 14.2 Å². The summed E-state index contributed by atoms with van der Waals surface area (Å²) in [5.74, 6) is -3.88. The third-order valence-corrected chi connectivity index (χ3v) is 8.08. The zero-order valence-corrected chi connectivity index (χ0v) is 25.6. The van der Waals surface area contributed by atoms with Gasteiger partial charge in [0.1, 0.15) is 16.5 Å². The number of amides is 2. The number of thiophene rings is 1. The predicted octanol–water partition coefficient (Wildman–Crippen LogP) is 5.33. The smallest absolute Gasteiger partial charge is 0.343 e. The lowest BCUT2D eigenvalue weighted by molar-refractivity contribution is -0.136. The Labute approximate surface area is 268 Å². The van der Waals surface area contributed by atoms with Crippen molar-refractivity contribution in [2.24, 2.45) is 5.10 Å². The molecule has 1 aliphatic carbocycles. The molecule has 4 aromatic rings. The third kappa shape index (κ3) is 7.71. The minimum atomic E-state index is -1.09. The van der Waals surface area contributed by atoms with Gasteiger partial charge < -0.3 is 19.5 Å². The maximum atomic E-state index is 12.8. The van der Waals surface area contributed by atoms with E-state index in [1.165, 1.54) is 35.8 Å². The number of hydrogen-bond acceptors (Lipinski definition) is 10. The molecule has 2 N–H and O–H groups in total. The second-order valence-electron chi connectivity index (χ2n) is 10.00. The number of fused-ring (bicyclic) bond motifs is 1. The van der Waals surface area contributed by atoms with Gasteiger partial charge in [0.15, 0.2) is 0 Å². The van der Waals surface area contributed by atoms with E-state index in [-0.39, 0.29) is 39.8 Å². The van der Waals surface area contributed by atoms with Crippen molar-refractivity contribution in [3.63, 3.8) is 0 Å². The molecule has 0 bridgehead atoms. The van der Waals surface area contributed by atoms with Crippen molar-refractivity contribution >= 4 is 52.3 Å². The van der Waals surface area contributed by atoms with Gasteiger partial charge in [-0.15, -0.1) is 11.3 Å². The molecule has 0 radical (unpaired) electrons. The lowest BCUT2D eigenvalue weighted by Crippen LogP contribution is -2.32. The summed E-state index contributed by atoms with van der Waals surface area (Å²) < 4.78 is 16.2. The molecule has 1 aliphatic rings. The van der Waals surface area contributed by atoms with Crippen LogP contribution in [0.2, 0.25) is 0 Å². The zero-order chi connectivity index (χ0) is 32.5. The van der Waals surface area contributed by atoms with Crippen LogP contribution < -0.4 is 20.2 Å². The summed E-state index contributed by atoms with van der Waals surface area (Å²) in [4.78, 5) is 64.5. The molecule has 3 aromatic carbocycles. The van der Waals surface area contributed by atoms with Crippen molar-refractivity contribution in [2.75, 3.05) is 11.9 Å². The largest absolute Gasteiger partial charge is 0.462 e. The van der Waals surface area contributed by atoms with Crippen molar-refractivity contribution in [3.05, 3.63) is 112 Å². The van der Waals surface area contributed by atoms with E-state index in [1.54, 1.807) is 67.6 Å². The standard InChI is InChI=1S/C34H29N3O8S/c1-2-43-34(42)28-25-15-9-10-16-27(25)46-31(28)36-29(38)30(39)37-35-20-23-17-18-24(44-32(40)21-11-5-3-6-12-21)19-26(23)45-33(41)22-13-7-4-8-14-22/h3-8,11-14,17-20H,2,9-10,15-16H2,1H3,(H,36,38)(H,37,39)/b35-20-. The third-order valence-electron chi connectivity index (χ3n) is 6.87. The van der Waals surface area contributed by atoms with Crippen molar-refractivity contribution < 1.29 is 38.2 Å². The summed E-state index contributed by atoms with van der Waals surface area (Å²) in [5, 5.41) is 6.64. The molecule has 1 aromatic heterocycles. The van der Waals surface area contributed by atoms with E-state index >= 15 is 0 Å². The Morgan fingerprint density at radius 2 is 1.46 bits per heavy atom. The number of carbonyl (C=O) groups is 5. The van der Waals surface area contributed by atoms with Gasteiger partial charge in [-0.25, -0.2) is 19.8 Å². The lowest BCUT2D eigenvalue weighted by atomic mass is 9.95. The molecule has 0 atom stereocenters. The molecule has 1 heterocycles. The molecule has 0 saturated carbocycles. The first-order valence-corrected chi connectivity index (χ1v) is 15.3. The number of nitrogens with zero attached hydrogens (tertiary/aromatic N) is 1. The van der Waals surface area contributed by atoms with Gasteiger partial charge in [0.05, 0.1) is 29.5 Å². The summed E-state index contributed by atoms with van der Waals surface area (Å²) >= 11 is 1.26. The molecule has 5 rings (SSSR count). The Morgan fingerprint density at radius 3 is 2.13 bits per heavy atom. The Kier molecular flexibility index (Phi) is 10.3. The molecule has 12 heteroatoms. The molecule has 234 valence electrons. The molecule has 0 saturated heterocycles. The highest BCUT2D eigenvalue weighted by Gasteiger charge is 2.28. The van der Waals surface area contributed by atoms with Gasteiger partial charge in [0, 0.05) is 16.5 Å². The maximum Gasteiger partial charge on any atom is 0.343 e. The molecular formula is C34H29N3O8S. The van der Waals surface area contributed by atoms with Crippen LogP contribution in [0.1, 0.15) is 66.8 Å². The summed E-state index contributed by atoms with van der Waals surface area (Å²) in [6.07, 6.45) is 4.53. The van der Waals surface area contributed by atoms with Crippen LogP contribution in [0.15, 0.2) is 84.0 Å². The SMILES string of the molecule is CCOC(=O)c1c(NC(=O)C(=O)N/N=C\c2ccc(OC(=O)c3ccccc3)cc2OC(=O)c2ccccc2)sc2c1CCCC2. The fraction of sp³-hybridized carbons (Fsp3) is 0.176. The normalized spacial score (nSPS) is 12.1. The topological polar surface area (TPSA) is 149 Å². The molecule has 0 unspecified atom stereocenters. The average Bonchev–Trinajstić information content (AvgIpc) is 3.44. The number of hydrazone groups is 1. The summed E-state index contributed by atoms with van der Waals surface area (Å²) in [7, 11) is 0. The van der Waals surface area contributed by atoms with Crippen LogP contribution in [0, 0.1) is 0 Å². The number of rotatable bonds is 9. The van der Waals surface area contributed by atoms with Crippen LogP contribution in [0.25, 0.3) is 0 Å². The van der Waals surface area contributed by atoms with Gasteiger partial charge in [-0.3, -0.25) is 9.59 Å². The van der Waals surface area contributed by atoms with Crippen molar-refractivity contribution in [2.45, 2.75) is 32.6 Å². The number of benzene rings is 3. The van der Waals surface area contributed by atoms with Crippen LogP contribution in [0.4, 0.5) is 5.00 Å². The van der Waals surface area contributed by atoms with E-state index in [9.17, 15) is 24.0 Å². The Hall–Kier alpha value is -5.62. The quantitative estimate of drug-likeness (QED) is 0.0821. The van der Waals surface area contributed by atoms with Crippen LogP contribution in [-0.4, -0.2) is 42.5 Å². The highest BCUT2D eigenvalue weighted by atomic mass is 32.1. The Bertz CT molecular complexity index is 1800. The van der Waals surface area contributed by atoms with Gasteiger partial charge in [-0.2, -0.15) is 5.10 Å². The van der Waals surface area contributed by atoms with E-state index in [0.29, 0.717) is 12.0 Å². The molecular weight excluding hydrogens is 610 g/mol. The second kappa shape index (κ2) is 14.9. The van der Waals surface area contributed by atoms with Gasteiger partial charge >= 0.3 is 29.7 Å². The number of nitrogens with one attached hydrogen (secondary N) is 2. The summed E-state index contributed by atoms with van der Waals surface area (Å²) in [6, 6.07) is 20.9. The highest BCUT2D eigenvalue weighted by molar-refractivity contribution is 7.17. The van der Waals surface area contributed by atoms with E-state index in [2.05, 4.69) is 15.8 Å². The van der Waals surface area contributed by atoms with Gasteiger partial charge in [-0.05, 0) is 74.6 Å². The van der Waals surface area contributed by atoms with Gasteiger partial charge in [0.2, 0.25) is 0 Å². The number of carbonyl (C=O) groups excluding carboxylic acids is 5. The average molecular weight is 640 g/mol. The summed E-state index contributed by atoms with van der Waals surface area (Å²) in [5.41, 5.74) is 4.12. The lowest BCUT2D eigenvalue weighted by Gasteiger charge is -2.12. The fourth-order valence-corrected chi connectivity index (χ4v) is 5.96. The van der Waals surface area contributed by atoms with Crippen LogP contribution >= 0.6 is 11.3 Å². The minimum absolute atomic E-state index is 0.0158. The molecule has 0 aliphatic heterocycles. The number of esters is 3. The van der Waals surface area contributed by atoms with Crippen LogP contribution in [-0.2, 0) is 27.2 Å². The van der Waals surface area contributed by atoms with Gasteiger partial charge in [-0.1, -0.05) is 36.4 Å². The zero-order valence-electron chi connectivity index (χ0n) is 24.7. The first kappa shape index (κ1) is 31.8. The van der Waals surface area contributed by atoms with Crippen molar-refractivity contribution in [3.8, 4) is 11.5 Å².